The number of rotatable bonds is 7. The maximum absolute atomic E-state index is 12.8. The molecule has 0 saturated carbocycles. The van der Waals surface area contributed by atoms with Crippen LogP contribution in [0.3, 0.4) is 0 Å². The highest BCUT2D eigenvalue weighted by molar-refractivity contribution is 8.02. The van der Waals surface area contributed by atoms with Gasteiger partial charge in [0.2, 0.25) is 11.0 Å². The minimum absolute atomic E-state index is 0.101. The molecule has 0 bridgehead atoms. The number of ether oxygens (including phenoxy) is 1. The Hall–Kier alpha value is -2.17. The number of hydrogen-bond acceptors (Lipinski definition) is 8. The SMILES string of the molecule is CCOC(=O)Nc1nnc(SC(C)C(=O)N2CCN(Cc3ccccc3)CC2)s1. The first-order chi connectivity index (χ1) is 14.0. The highest BCUT2D eigenvalue weighted by Crippen LogP contribution is 2.30. The van der Waals surface area contributed by atoms with Crippen LogP contribution in [0.5, 0.6) is 0 Å². The summed E-state index contributed by atoms with van der Waals surface area (Å²) in [5.74, 6) is 0.101. The number of aromatic nitrogens is 2. The van der Waals surface area contributed by atoms with E-state index in [-0.39, 0.29) is 17.8 Å². The van der Waals surface area contributed by atoms with Crippen molar-refractivity contribution < 1.29 is 14.3 Å². The highest BCUT2D eigenvalue weighted by Gasteiger charge is 2.26. The third-order valence-electron chi connectivity index (χ3n) is 4.45. The number of nitrogens with zero attached hydrogens (tertiary/aromatic N) is 4. The lowest BCUT2D eigenvalue weighted by atomic mass is 10.2. The van der Waals surface area contributed by atoms with Crippen molar-refractivity contribution in [3.05, 3.63) is 35.9 Å². The van der Waals surface area contributed by atoms with Gasteiger partial charge in [0.05, 0.1) is 11.9 Å². The molecule has 1 aromatic carbocycles. The van der Waals surface area contributed by atoms with Crippen molar-refractivity contribution in [2.24, 2.45) is 0 Å². The molecule has 1 fully saturated rings. The molecular weight excluding hydrogens is 410 g/mol. The Balaban J connectivity index is 1.45. The van der Waals surface area contributed by atoms with Gasteiger partial charge in [0.25, 0.3) is 0 Å². The van der Waals surface area contributed by atoms with Gasteiger partial charge in [0, 0.05) is 32.7 Å². The van der Waals surface area contributed by atoms with Crippen LogP contribution in [0.25, 0.3) is 0 Å². The summed E-state index contributed by atoms with van der Waals surface area (Å²) < 4.78 is 5.46. The Morgan fingerprint density at radius 1 is 1.21 bits per heavy atom. The predicted molar refractivity (Wildman–Crippen MR) is 114 cm³/mol. The van der Waals surface area contributed by atoms with Crippen molar-refractivity contribution in [2.45, 2.75) is 30.0 Å². The fraction of sp³-hybridized carbons (Fsp3) is 0.474. The summed E-state index contributed by atoms with van der Waals surface area (Å²) in [5.41, 5.74) is 1.29. The molecule has 0 radical (unpaired) electrons. The molecule has 10 heteroatoms. The number of nitrogens with one attached hydrogen (secondary N) is 1. The maximum Gasteiger partial charge on any atom is 0.413 e. The van der Waals surface area contributed by atoms with E-state index in [1.54, 1.807) is 6.92 Å². The highest BCUT2D eigenvalue weighted by atomic mass is 32.2. The van der Waals surface area contributed by atoms with E-state index in [0.29, 0.717) is 9.47 Å². The van der Waals surface area contributed by atoms with Gasteiger partial charge in [0.1, 0.15) is 0 Å². The van der Waals surface area contributed by atoms with Crippen LogP contribution >= 0.6 is 23.1 Å². The largest absolute Gasteiger partial charge is 0.450 e. The number of benzene rings is 1. The maximum atomic E-state index is 12.8. The van der Waals surface area contributed by atoms with Gasteiger partial charge in [-0.25, -0.2) is 4.79 Å². The summed E-state index contributed by atoms with van der Waals surface area (Å²) >= 11 is 2.59. The van der Waals surface area contributed by atoms with E-state index < -0.39 is 6.09 Å². The summed E-state index contributed by atoms with van der Waals surface area (Å²) in [7, 11) is 0. The average molecular weight is 436 g/mol. The van der Waals surface area contributed by atoms with Crippen LogP contribution < -0.4 is 5.32 Å². The molecule has 1 aliphatic heterocycles. The van der Waals surface area contributed by atoms with Crippen LogP contribution in [0.4, 0.5) is 9.93 Å². The number of thioether (sulfide) groups is 1. The zero-order valence-electron chi connectivity index (χ0n) is 16.5. The fourth-order valence-electron chi connectivity index (χ4n) is 2.99. The molecule has 2 aromatic rings. The Morgan fingerprint density at radius 2 is 1.93 bits per heavy atom. The summed E-state index contributed by atoms with van der Waals surface area (Å²) in [4.78, 5) is 28.5. The lowest BCUT2D eigenvalue weighted by Gasteiger charge is -2.35. The average Bonchev–Trinajstić information content (AvgIpc) is 3.15. The first kappa shape index (κ1) is 21.5. The molecule has 1 unspecified atom stereocenters. The summed E-state index contributed by atoms with van der Waals surface area (Å²) in [6.07, 6.45) is -0.558. The van der Waals surface area contributed by atoms with Gasteiger partial charge >= 0.3 is 6.09 Å². The van der Waals surface area contributed by atoms with E-state index in [2.05, 4.69) is 44.7 Å². The van der Waals surface area contributed by atoms with Crippen molar-refractivity contribution >= 4 is 40.2 Å². The van der Waals surface area contributed by atoms with Crippen LogP contribution in [0, 0.1) is 0 Å². The molecule has 1 N–H and O–H groups in total. The van der Waals surface area contributed by atoms with Crippen molar-refractivity contribution in [1.82, 2.24) is 20.0 Å². The molecule has 8 nitrogen and oxygen atoms in total. The van der Waals surface area contributed by atoms with Gasteiger partial charge in [-0.15, -0.1) is 10.2 Å². The number of hydrogen-bond donors (Lipinski definition) is 1. The van der Waals surface area contributed by atoms with E-state index >= 15 is 0 Å². The smallest absolute Gasteiger partial charge is 0.413 e. The van der Waals surface area contributed by atoms with Gasteiger partial charge in [-0.1, -0.05) is 53.4 Å². The standard InChI is InChI=1S/C19H25N5O3S2/c1-3-27-18(26)20-17-21-22-19(29-17)28-14(2)16(25)24-11-9-23(10-12-24)13-15-7-5-4-6-8-15/h4-8,14H,3,9-13H2,1-2H3,(H,20,21,26). The summed E-state index contributed by atoms with van der Waals surface area (Å²) in [6.45, 7) is 7.99. The van der Waals surface area contributed by atoms with Gasteiger partial charge in [-0.3, -0.25) is 15.0 Å². The van der Waals surface area contributed by atoms with Crippen LogP contribution in [0.2, 0.25) is 0 Å². The fourth-order valence-corrected chi connectivity index (χ4v) is 4.95. The minimum Gasteiger partial charge on any atom is -0.450 e. The zero-order valence-corrected chi connectivity index (χ0v) is 18.2. The first-order valence-corrected chi connectivity index (χ1v) is 11.2. The van der Waals surface area contributed by atoms with E-state index in [0.717, 1.165) is 32.7 Å². The molecule has 0 spiro atoms. The van der Waals surface area contributed by atoms with Crippen LogP contribution in [0.15, 0.2) is 34.7 Å². The van der Waals surface area contributed by atoms with Crippen LogP contribution in [0.1, 0.15) is 19.4 Å². The monoisotopic (exact) mass is 435 g/mol. The Kier molecular flexibility index (Phi) is 7.84. The number of piperazine rings is 1. The third-order valence-corrected chi connectivity index (χ3v) is 6.46. The van der Waals surface area contributed by atoms with E-state index in [1.165, 1.54) is 28.7 Å². The molecular formula is C19H25N5O3S2. The molecule has 1 atom stereocenters. The van der Waals surface area contributed by atoms with Crippen molar-refractivity contribution in [1.29, 1.82) is 0 Å². The second kappa shape index (κ2) is 10.6. The molecule has 3 rings (SSSR count). The second-order valence-corrected chi connectivity index (χ2v) is 9.13. The number of carbonyl (C=O) groups excluding carboxylic acids is 2. The quantitative estimate of drug-likeness (QED) is 0.528. The van der Waals surface area contributed by atoms with E-state index in [4.69, 9.17) is 4.74 Å². The van der Waals surface area contributed by atoms with Crippen molar-refractivity contribution in [3.63, 3.8) is 0 Å². The minimum atomic E-state index is -0.558. The second-order valence-electron chi connectivity index (χ2n) is 6.57. The molecule has 2 amide bonds. The van der Waals surface area contributed by atoms with Crippen LogP contribution in [-0.4, -0.2) is 70.0 Å². The first-order valence-electron chi connectivity index (χ1n) is 9.54. The lowest BCUT2D eigenvalue weighted by molar-refractivity contribution is -0.132. The molecule has 0 aliphatic carbocycles. The number of carbonyl (C=O) groups is 2. The number of amides is 2. The lowest BCUT2D eigenvalue weighted by Crippen LogP contribution is -2.50. The topological polar surface area (TPSA) is 87.7 Å². The molecule has 1 aliphatic rings. The Morgan fingerprint density at radius 3 is 2.62 bits per heavy atom. The summed E-state index contributed by atoms with van der Waals surface area (Å²) in [5, 5.41) is 10.6. The van der Waals surface area contributed by atoms with Crippen LogP contribution in [-0.2, 0) is 16.1 Å². The zero-order chi connectivity index (χ0) is 20.6. The molecule has 156 valence electrons. The predicted octanol–water partition coefficient (Wildman–Crippen LogP) is 2.93. The molecule has 1 saturated heterocycles. The van der Waals surface area contributed by atoms with Gasteiger partial charge < -0.3 is 9.64 Å². The van der Waals surface area contributed by atoms with Gasteiger partial charge in [-0.2, -0.15) is 0 Å². The molecule has 1 aromatic heterocycles. The van der Waals surface area contributed by atoms with Crippen molar-refractivity contribution in [2.75, 3.05) is 38.1 Å². The van der Waals surface area contributed by atoms with Gasteiger partial charge in [-0.05, 0) is 19.4 Å². The third kappa shape index (κ3) is 6.41. The molecule has 29 heavy (non-hydrogen) atoms. The van der Waals surface area contributed by atoms with E-state index in [1.807, 2.05) is 17.9 Å². The Labute approximate surface area is 178 Å². The van der Waals surface area contributed by atoms with Crippen molar-refractivity contribution in [3.8, 4) is 0 Å². The summed E-state index contributed by atoms with van der Waals surface area (Å²) in [6, 6.07) is 10.4. The molecule has 2 heterocycles. The van der Waals surface area contributed by atoms with Gasteiger partial charge in [0.15, 0.2) is 4.34 Å². The van der Waals surface area contributed by atoms with E-state index in [9.17, 15) is 9.59 Å². The number of anilines is 1. The Bertz CT molecular complexity index is 809. The normalized spacial score (nSPS) is 15.7.